The molecule has 0 aromatic rings. The Hall–Kier alpha value is -0.610. The van der Waals surface area contributed by atoms with Gasteiger partial charge in [0.15, 0.2) is 0 Å². The van der Waals surface area contributed by atoms with Crippen LogP contribution in [0.15, 0.2) is 0 Å². The Bertz CT molecular complexity index is 190. The molecule has 0 atom stereocenters. The summed E-state index contributed by atoms with van der Waals surface area (Å²) in [5.74, 6) is 0. The molecule has 0 saturated carbocycles. The molecule has 1 amide bonds. The van der Waals surface area contributed by atoms with E-state index in [2.05, 4.69) is 19.2 Å². The second-order valence-electron chi connectivity index (χ2n) is 5.24. The Balaban J connectivity index is 3.82. The van der Waals surface area contributed by atoms with Crippen molar-refractivity contribution in [1.29, 1.82) is 0 Å². The summed E-state index contributed by atoms with van der Waals surface area (Å²) in [6, 6.07) is 0. The number of nitrogens with one attached hydrogen (secondary N) is 1. The lowest BCUT2D eigenvalue weighted by molar-refractivity contribution is -0.111. The third-order valence-corrected chi connectivity index (χ3v) is 1.94. The first-order valence-corrected chi connectivity index (χ1v) is 5.11. The molecule has 0 heterocycles. The predicted octanol–water partition coefficient (Wildman–Crippen LogP) is 1.20. The predicted molar refractivity (Wildman–Crippen MR) is 59.8 cm³/mol. The quantitative estimate of drug-likeness (QED) is 0.621. The molecule has 0 aromatic heterocycles. The van der Waals surface area contributed by atoms with Gasteiger partial charge in [-0.1, -0.05) is 13.8 Å². The van der Waals surface area contributed by atoms with E-state index in [-0.39, 0.29) is 11.0 Å². The fraction of sp³-hybridized carbons (Fsp3) is 0.909. The van der Waals surface area contributed by atoms with E-state index < -0.39 is 0 Å². The van der Waals surface area contributed by atoms with Crippen LogP contribution in [0.3, 0.4) is 0 Å². The summed E-state index contributed by atoms with van der Waals surface area (Å²) in [7, 11) is 1.68. The van der Waals surface area contributed by atoms with E-state index in [0.29, 0.717) is 26.2 Å². The summed E-state index contributed by atoms with van der Waals surface area (Å²) in [4.78, 5) is 10.3. The second-order valence-corrected chi connectivity index (χ2v) is 5.24. The lowest BCUT2D eigenvalue weighted by Crippen LogP contribution is -2.43. The number of ether oxygens (including phenoxy) is 2. The third-order valence-electron chi connectivity index (χ3n) is 1.94. The monoisotopic (exact) mass is 217 g/mol. The average molecular weight is 217 g/mol. The van der Waals surface area contributed by atoms with Crippen molar-refractivity contribution in [2.45, 2.75) is 33.2 Å². The number of methoxy groups -OCH3 is 1. The van der Waals surface area contributed by atoms with Gasteiger partial charge in [0, 0.05) is 12.5 Å². The van der Waals surface area contributed by atoms with Gasteiger partial charge in [0.2, 0.25) is 6.41 Å². The van der Waals surface area contributed by atoms with Crippen molar-refractivity contribution in [3.63, 3.8) is 0 Å². The number of amides is 1. The van der Waals surface area contributed by atoms with E-state index in [0.717, 1.165) is 0 Å². The number of carbonyl (C=O) groups is 1. The summed E-state index contributed by atoms with van der Waals surface area (Å²) >= 11 is 0. The van der Waals surface area contributed by atoms with Crippen LogP contribution in [-0.4, -0.2) is 38.9 Å². The van der Waals surface area contributed by atoms with Crippen molar-refractivity contribution in [3.05, 3.63) is 0 Å². The van der Waals surface area contributed by atoms with Crippen LogP contribution < -0.4 is 5.32 Å². The smallest absolute Gasteiger partial charge is 0.207 e. The van der Waals surface area contributed by atoms with Crippen molar-refractivity contribution < 1.29 is 14.3 Å². The maximum Gasteiger partial charge on any atom is 0.207 e. The molecule has 0 unspecified atom stereocenters. The van der Waals surface area contributed by atoms with Crippen molar-refractivity contribution in [2.24, 2.45) is 5.41 Å². The lowest BCUT2D eigenvalue weighted by Gasteiger charge is -2.28. The molecule has 0 spiro atoms. The highest BCUT2D eigenvalue weighted by molar-refractivity contribution is 5.47. The molecule has 0 rings (SSSR count). The van der Waals surface area contributed by atoms with E-state index >= 15 is 0 Å². The molecule has 90 valence electrons. The summed E-state index contributed by atoms with van der Waals surface area (Å²) in [6.07, 6.45) is 0.698. The standard InChI is InChI=1S/C11H23NO3/c1-10(2,6-14-5)7-15-8-11(3,4)12-9-13/h9H,6-8H2,1-5H3,(H,12,13). The summed E-state index contributed by atoms with van der Waals surface area (Å²) < 4.78 is 10.7. The Labute approximate surface area is 92.3 Å². The summed E-state index contributed by atoms with van der Waals surface area (Å²) in [5, 5.41) is 2.70. The molecule has 0 aromatic carbocycles. The SMILES string of the molecule is COCC(C)(C)COCC(C)(C)NC=O. The number of carbonyl (C=O) groups excluding carboxylic acids is 1. The topological polar surface area (TPSA) is 47.6 Å². The molecule has 4 nitrogen and oxygen atoms in total. The maximum absolute atomic E-state index is 10.3. The largest absolute Gasteiger partial charge is 0.384 e. The van der Waals surface area contributed by atoms with Crippen LogP contribution in [0.4, 0.5) is 0 Å². The van der Waals surface area contributed by atoms with Crippen LogP contribution in [0.2, 0.25) is 0 Å². The summed E-state index contributed by atoms with van der Waals surface area (Å²) in [5.41, 5.74) is -0.309. The minimum absolute atomic E-state index is 0.00596. The minimum atomic E-state index is -0.315. The van der Waals surface area contributed by atoms with Crippen molar-refractivity contribution in [2.75, 3.05) is 26.9 Å². The fourth-order valence-corrected chi connectivity index (χ4v) is 1.22. The van der Waals surface area contributed by atoms with Crippen molar-refractivity contribution >= 4 is 6.41 Å². The molecular formula is C11H23NO3. The van der Waals surface area contributed by atoms with Gasteiger partial charge in [-0.3, -0.25) is 4.79 Å². The zero-order valence-electron chi connectivity index (χ0n) is 10.4. The second kappa shape index (κ2) is 6.08. The van der Waals surface area contributed by atoms with Crippen LogP contribution in [0.5, 0.6) is 0 Å². The van der Waals surface area contributed by atoms with Gasteiger partial charge < -0.3 is 14.8 Å². The highest BCUT2D eigenvalue weighted by Gasteiger charge is 2.21. The summed E-state index contributed by atoms with van der Waals surface area (Å²) in [6.45, 7) is 9.78. The van der Waals surface area contributed by atoms with E-state index in [1.54, 1.807) is 7.11 Å². The third kappa shape index (κ3) is 7.33. The van der Waals surface area contributed by atoms with E-state index in [9.17, 15) is 4.79 Å². The van der Waals surface area contributed by atoms with Crippen LogP contribution in [-0.2, 0) is 14.3 Å². The van der Waals surface area contributed by atoms with Crippen molar-refractivity contribution in [3.8, 4) is 0 Å². The Kier molecular flexibility index (Phi) is 5.83. The Morgan fingerprint density at radius 1 is 1.13 bits per heavy atom. The fourth-order valence-electron chi connectivity index (χ4n) is 1.22. The molecule has 4 heteroatoms. The van der Waals surface area contributed by atoms with Crippen LogP contribution in [0, 0.1) is 5.41 Å². The van der Waals surface area contributed by atoms with E-state index in [4.69, 9.17) is 9.47 Å². The molecular weight excluding hydrogens is 194 g/mol. The molecule has 1 N–H and O–H groups in total. The molecule has 0 aliphatic heterocycles. The van der Waals surface area contributed by atoms with Gasteiger partial charge in [-0.15, -0.1) is 0 Å². The number of rotatable bonds is 8. The molecule has 0 aliphatic carbocycles. The maximum atomic E-state index is 10.3. The minimum Gasteiger partial charge on any atom is -0.384 e. The van der Waals surface area contributed by atoms with E-state index in [1.165, 1.54) is 0 Å². The van der Waals surface area contributed by atoms with Gasteiger partial charge in [-0.2, -0.15) is 0 Å². The zero-order chi connectivity index (χ0) is 11.9. The molecule has 0 bridgehead atoms. The van der Waals surface area contributed by atoms with E-state index in [1.807, 2.05) is 13.8 Å². The first-order valence-electron chi connectivity index (χ1n) is 5.11. The Morgan fingerprint density at radius 2 is 1.73 bits per heavy atom. The highest BCUT2D eigenvalue weighted by Crippen LogP contribution is 2.16. The van der Waals surface area contributed by atoms with Gasteiger partial charge in [0.05, 0.1) is 25.4 Å². The molecule has 0 saturated heterocycles. The van der Waals surface area contributed by atoms with Gasteiger partial charge in [0.1, 0.15) is 0 Å². The first-order chi connectivity index (χ1) is 6.83. The van der Waals surface area contributed by atoms with Gasteiger partial charge in [-0.05, 0) is 13.8 Å². The first kappa shape index (κ1) is 14.4. The Morgan fingerprint density at radius 3 is 2.20 bits per heavy atom. The van der Waals surface area contributed by atoms with Gasteiger partial charge in [0.25, 0.3) is 0 Å². The normalized spacial score (nSPS) is 12.6. The van der Waals surface area contributed by atoms with Crippen LogP contribution >= 0.6 is 0 Å². The highest BCUT2D eigenvalue weighted by atomic mass is 16.5. The van der Waals surface area contributed by atoms with Gasteiger partial charge >= 0.3 is 0 Å². The lowest BCUT2D eigenvalue weighted by atomic mass is 9.96. The molecule has 15 heavy (non-hydrogen) atoms. The zero-order valence-corrected chi connectivity index (χ0v) is 10.4. The molecule has 0 fully saturated rings. The number of hydrogen-bond donors (Lipinski definition) is 1. The number of hydrogen-bond acceptors (Lipinski definition) is 3. The average Bonchev–Trinajstić information content (AvgIpc) is 2.02. The van der Waals surface area contributed by atoms with Gasteiger partial charge in [-0.25, -0.2) is 0 Å². The molecule has 0 aliphatic rings. The van der Waals surface area contributed by atoms with Crippen LogP contribution in [0.1, 0.15) is 27.7 Å². The molecule has 0 radical (unpaired) electrons. The van der Waals surface area contributed by atoms with Crippen molar-refractivity contribution in [1.82, 2.24) is 5.32 Å². The van der Waals surface area contributed by atoms with Crippen LogP contribution in [0.25, 0.3) is 0 Å².